The third kappa shape index (κ3) is 3.60. The Morgan fingerprint density at radius 2 is 1.95 bits per heavy atom. The van der Waals surface area contributed by atoms with Crippen molar-refractivity contribution in [3.63, 3.8) is 0 Å². The van der Waals surface area contributed by atoms with Gasteiger partial charge in [0.05, 0.1) is 6.04 Å². The van der Waals surface area contributed by atoms with E-state index in [0.717, 1.165) is 34.9 Å². The molecule has 1 unspecified atom stereocenters. The number of benzene rings is 1. The molecule has 2 aromatic rings. The maximum absolute atomic E-state index is 5.60. The lowest BCUT2D eigenvalue weighted by Gasteiger charge is -2.19. The van der Waals surface area contributed by atoms with Crippen molar-refractivity contribution in [2.75, 3.05) is 19.8 Å². The Balaban J connectivity index is 1.53. The molecule has 1 aromatic carbocycles. The van der Waals surface area contributed by atoms with Crippen LogP contribution in [0.4, 0.5) is 0 Å². The summed E-state index contributed by atoms with van der Waals surface area (Å²) >= 11 is 3.32. The van der Waals surface area contributed by atoms with Crippen LogP contribution in [-0.4, -0.2) is 19.8 Å². The van der Waals surface area contributed by atoms with Gasteiger partial charge in [0.25, 0.3) is 0 Å². The van der Waals surface area contributed by atoms with Gasteiger partial charge in [-0.05, 0) is 65.6 Å². The lowest BCUT2D eigenvalue weighted by molar-refractivity contribution is 0.171. The zero-order valence-corrected chi connectivity index (χ0v) is 13.5. The molecule has 0 saturated carbocycles. The summed E-state index contributed by atoms with van der Waals surface area (Å²) in [7, 11) is 0. The monoisotopic (exact) mass is 351 g/mol. The van der Waals surface area contributed by atoms with E-state index in [1.807, 2.05) is 18.2 Å². The molecule has 0 amide bonds. The largest absolute Gasteiger partial charge is 0.486 e. The average molecular weight is 352 g/mol. The van der Waals surface area contributed by atoms with E-state index in [1.54, 1.807) is 0 Å². The van der Waals surface area contributed by atoms with E-state index in [-0.39, 0.29) is 6.04 Å². The Bertz CT molecular complexity index is 611. The summed E-state index contributed by atoms with van der Waals surface area (Å²) in [5, 5.41) is 3.45. The molecule has 0 bridgehead atoms. The molecule has 21 heavy (non-hydrogen) atoms. The highest BCUT2D eigenvalue weighted by molar-refractivity contribution is 9.10. The molecule has 5 heteroatoms. The van der Waals surface area contributed by atoms with Crippen molar-refractivity contribution in [3.05, 3.63) is 46.3 Å². The minimum atomic E-state index is 0.188. The van der Waals surface area contributed by atoms with E-state index in [2.05, 4.69) is 40.3 Å². The highest BCUT2D eigenvalue weighted by atomic mass is 79.9. The molecule has 1 aliphatic heterocycles. The predicted octanol–water partition coefficient (Wildman–Crippen LogP) is 3.71. The van der Waals surface area contributed by atoms with Crippen molar-refractivity contribution < 1.29 is 13.9 Å². The summed E-state index contributed by atoms with van der Waals surface area (Å²) < 4.78 is 17.4. The van der Waals surface area contributed by atoms with E-state index in [0.29, 0.717) is 13.2 Å². The standard InChI is InChI=1S/C16H18BrNO3/c1-11(13-4-5-16(17)21-13)18-7-6-12-2-3-14-15(10-12)20-9-8-19-14/h2-5,10-11,18H,6-9H2,1H3. The number of nitrogens with one attached hydrogen (secondary N) is 1. The van der Waals surface area contributed by atoms with Gasteiger partial charge in [0.1, 0.15) is 19.0 Å². The Morgan fingerprint density at radius 1 is 1.14 bits per heavy atom. The van der Waals surface area contributed by atoms with Crippen LogP contribution in [0.25, 0.3) is 0 Å². The zero-order chi connectivity index (χ0) is 14.7. The van der Waals surface area contributed by atoms with Gasteiger partial charge in [0.2, 0.25) is 0 Å². The van der Waals surface area contributed by atoms with Crippen molar-refractivity contribution >= 4 is 15.9 Å². The normalized spacial score (nSPS) is 15.0. The van der Waals surface area contributed by atoms with Crippen LogP contribution in [-0.2, 0) is 6.42 Å². The molecule has 1 atom stereocenters. The first-order valence-corrected chi connectivity index (χ1v) is 7.89. The second-order valence-electron chi connectivity index (χ2n) is 5.05. The highest BCUT2D eigenvalue weighted by Crippen LogP contribution is 2.30. The first-order valence-electron chi connectivity index (χ1n) is 7.09. The van der Waals surface area contributed by atoms with Crippen molar-refractivity contribution in [1.29, 1.82) is 0 Å². The topological polar surface area (TPSA) is 43.6 Å². The number of rotatable bonds is 5. The maximum atomic E-state index is 5.60. The summed E-state index contributed by atoms with van der Waals surface area (Å²) in [4.78, 5) is 0. The molecule has 0 saturated heterocycles. The number of halogens is 1. The zero-order valence-electron chi connectivity index (χ0n) is 11.9. The van der Waals surface area contributed by atoms with Gasteiger partial charge in [-0.15, -0.1) is 0 Å². The number of ether oxygens (including phenoxy) is 2. The SMILES string of the molecule is CC(NCCc1ccc2c(c1)OCCO2)c1ccc(Br)o1. The average Bonchev–Trinajstić information content (AvgIpc) is 2.94. The fraction of sp³-hybridized carbons (Fsp3) is 0.375. The van der Waals surface area contributed by atoms with Gasteiger partial charge in [0.15, 0.2) is 16.2 Å². The Hall–Kier alpha value is -1.46. The molecule has 0 aliphatic carbocycles. The predicted molar refractivity (Wildman–Crippen MR) is 84.0 cm³/mol. The van der Waals surface area contributed by atoms with Crippen LogP contribution in [0.2, 0.25) is 0 Å². The molecular formula is C16H18BrNO3. The molecule has 1 aliphatic rings. The highest BCUT2D eigenvalue weighted by Gasteiger charge is 2.12. The molecule has 1 aromatic heterocycles. The number of hydrogen-bond donors (Lipinski definition) is 1. The van der Waals surface area contributed by atoms with Crippen LogP contribution < -0.4 is 14.8 Å². The van der Waals surface area contributed by atoms with E-state index in [1.165, 1.54) is 5.56 Å². The Kier molecular flexibility index (Phi) is 4.51. The first-order chi connectivity index (χ1) is 10.2. The third-order valence-corrected chi connectivity index (χ3v) is 3.92. The van der Waals surface area contributed by atoms with Gasteiger partial charge in [-0.25, -0.2) is 0 Å². The molecule has 3 rings (SSSR count). The second kappa shape index (κ2) is 6.54. The fourth-order valence-electron chi connectivity index (χ4n) is 2.34. The van der Waals surface area contributed by atoms with Gasteiger partial charge < -0.3 is 19.2 Å². The molecular weight excluding hydrogens is 334 g/mol. The quantitative estimate of drug-likeness (QED) is 0.891. The molecule has 112 valence electrons. The number of furan rings is 1. The van der Waals surface area contributed by atoms with Gasteiger partial charge >= 0.3 is 0 Å². The summed E-state index contributed by atoms with van der Waals surface area (Å²) in [6, 6.07) is 10.2. The molecule has 2 heterocycles. The Morgan fingerprint density at radius 3 is 2.71 bits per heavy atom. The maximum Gasteiger partial charge on any atom is 0.169 e. The van der Waals surface area contributed by atoms with Crippen LogP contribution >= 0.6 is 15.9 Å². The van der Waals surface area contributed by atoms with Crippen LogP contribution in [0.3, 0.4) is 0 Å². The van der Waals surface area contributed by atoms with Crippen LogP contribution in [0.1, 0.15) is 24.3 Å². The number of hydrogen-bond acceptors (Lipinski definition) is 4. The van der Waals surface area contributed by atoms with E-state index >= 15 is 0 Å². The summed E-state index contributed by atoms with van der Waals surface area (Å²) in [5.74, 6) is 2.62. The van der Waals surface area contributed by atoms with Gasteiger partial charge in [0, 0.05) is 0 Å². The van der Waals surface area contributed by atoms with Crippen molar-refractivity contribution in [3.8, 4) is 11.5 Å². The van der Waals surface area contributed by atoms with E-state index in [9.17, 15) is 0 Å². The minimum absolute atomic E-state index is 0.188. The molecule has 0 spiro atoms. The van der Waals surface area contributed by atoms with Crippen molar-refractivity contribution in [2.24, 2.45) is 0 Å². The van der Waals surface area contributed by atoms with Crippen LogP contribution in [0, 0.1) is 0 Å². The van der Waals surface area contributed by atoms with E-state index in [4.69, 9.17) is 13.9 Å². The molecule has 4 nitrogen and oxygen atoms in total. The first kappa shape index (κ1) is 14.5. The second-order valence-corrected chi connectivity index (χ2v) is 5.83. The van der Waals surface area contributed by atoms with Gasteiger partial charge in [-0.2, -0.15) is 0 Å². The van der Waals surface area contributed by atoms with Gasteiger partial charge in [-0.1, -0.05) is 6.07 Å². The Labute approximate surface area is 132 Å². The summed E-state index contributed by atoms with van der Waals surface area (Å²) in [6.45, 7) is 4.22. The lowest BCUT2D eigenvalue weighted by Crippen LogP contribution is -2.21. The molecule has 0 fully saturated rings. The lowest BCUT2D eigenvalue weighted by atomic mass is 10.1. The fourth-order valence-corrected chi connectivity index (χ4v) is 2.66. The summed E-state index contributed by atoms with van der Waals surface area (Å²) in [6.07, 6.45) is 0.933. The van der Waals surface area contributed by atoms with Crippen LogP contribution in [0.5, 0.6) is 11.5 Å². The number of fused-ring (bicyclic) bond motifs is 1. The molecule has 1 N–H and O–H groups in total. The van der Waals surface area contributed by atoms with E-state index < -0.39 is 0 Å². The smallest absolute Gasteiger partial charge is 0.169 e. The van der Waals surface area contributed by atoms with Gasteiger partial charge in [-0.3, -0.25) is 0 Å². The third-order valence-electron chi connectivity index (χ3n) is 3.49. The minimum Gasteiger partial charge on any atom is -0.486 e. The van der Waals surface area contributed by atoms with Crippen molar-refractivity contribution in [1.82, 2.24) is 5.32 Å². The van der Waals surface area contributed by atoms with Crippen molar-refractivity contribution in [2.45, 2.75) is 19.4 Å². The summed E-state index contributed by atoms with van der Waals surface area (Å²) in [5.41, 5.74) is 1.24. The molecule has 0 radical (unpaired) electrons. The van der Waals surface area contributed by atoms with Crippen LogP contribution in [0.15, 0.2) is 39.4 Å².